The van der Waals surface area contributed by atoms with Crippen molar-refractivity contribution in [2.24, 2.45) is 0 Å². The molecule has 27 heavy (non-hydrogen) atoms. The number of benzene rings is 2. The van der Waals surface area contributed by atoms with Gasteiger partial charge in [-0.2, -0.15) is 18.3 Å². The topological polar surface area (TPSA) is 46.9 Å². The number of aromatic nitrogens is 2. The Kier molecular flexibility index (Phi) is 5.55. The first-order valence-corrected chi connectivity index (χ1v) is 8.87. The number of thioether (sulfide) groups is 1. The average Bonchev–Trinajstić information content (AvgIpc) is 2.94. The smallest absolute Gasteiger partial charge is 0.307 e. The van der Waals surface area contributed by atoms with Gasteiger partial charge in [-0.3, -0.25) is 4.79 Å². The quantitative estimate of drug-likeness (QED) is 0.615. The van der Waals surface area contributed by atoms with Gasteiger partial charge in [0.2, 0.25) is 0 Å². The maximum absolute atomic E-state index is 12.4. The van der Waals surface area contributed by atoms with E-state index >= 15 is 0 Å². The zero-order chi connectivity index (χ0) is 19.4. The van der Waals surface area contributed by atoms with Crippen LogP contribution in [0.15, 0.2) is 65.6 Å². The van der Waals surface area contributed by atoms with Gasteiger partial charge in [0.05, 0.1) is 12.2 Å². The van der Waals surface area contributed by atoms with Crippen molar-refractivity contribution >= 4 is 23.5 Å². The molecule has 3 aromatic rings. The van der Waals surface area contributed by atoms with Crippen molar-refractivity contribution in [1.29, 1.82) is 0 Å². The summed E-state index contributed by atoms with van der Waals surface area (Å²) in [6.07, 6.45) is 0. The molecule has 1 heterocycles. The van der Waals surface area contributed by atoms with Gasteiger partial charge >= 0.3 is 5.51 Å². The Labute approximate surface area is 158 Å². The standard InChI is InChI=1S/C19H16F3N3OS/c1-13-11-17(25(24-13)12-14-5-3-2-4-6-14)23-18(26)15-7-9-16(10-8-15)27-19(20,21)22/h2-11H,12H2,1H3,(H,23,26). The van der Waals surface area contributed by atoms with Crippen molar-refractivity contribution in [2.75, 3.05) is 5.32 Å². The summed E-state index contributed by atoms with van der Waals surface area (Å²) in [7, 11) is 0. The van der Waals surface area contributed by atoms with Crippen molar-refractivity contribution in [2.45, 2.75) is 23.9 Å². The molecule has 0 unspecified atom stereocenters. The number of anilines is 1. The van der Waals surface area contributed by atoms with Gasteiger partial charge in [0.25, 0.3) is 5.91 Å². The highest BCUT2D eigenvalue weighted by Gasteiger charge is 2.29. The first kappa shape index (κ1) is 19.0. The molecule has 0 bridgehead atoms. The summed E-state index contributed by atoms with van der Waals surface area (Å²) in [5, 5.41) is 7.15. The van der Waals surface area contributed by atoms with E-state index in [9.17, 15) is 18.0 Å². The SMILES string of the molecule is Cc1cc(NC(=O)c2ccc(SC(F)(F)F)cc2)n(Cc2ccccc2)n1. The summed E-state index contributed by atoms with van der Waals surface area (Å²) in [5.74, 6) is 0.114. The molecular weight excluding hydrogens is 375 g/mol. The van der Waals surface area contributed by atoms with Crippen LogP contribution >= 0.6 is 11.8 Å². The zero-order valence-electron chi connectivity index (χ0n) is 14.3. The minimum Gasteiger partial charge on any atom is -0.307 e. The number of halogens is 3. The van der Waals surface area contributed by atoms with Crippen LogP contribution in [0.5, 0.6) is 0 Å². The molecule has 4 nitrogen and oxygen atoms in total. The van der Waals surface area contributed by atoms with Gasteiger partial charge in [-0.25, -0.2) is 4.68 Å². The van der Waals surface area contributed by atoms with E-state index < -0.39 is 11.4 Å². The summed E-state index contributed by atoms with van der Waals surface area (Å²) >= 11 is -0.214. The lowest BCUT2D eigenvalue weighted by molar-refractivity contribution is -0.0328. The fourth-order valence-electron chi connectivity index (χ4n) is 2.52. The van der Waals surface area contributed by atoms with Crippen LogP contribution in [0.4, 0.5) is 19.0 Å². The lowest BCUT2D eigenvalue weighted by atomic mass is 10.2. The van der Waals surface area contributed by atoms with E-state index in [1.54, 1.807) is 10.7 Å². The number of alkyl halides is 3. The van der Waals surface area contributed by atoms with Gasteiger partial charge in [0, 0.05) is 16.5 Å². The Bertz CT molecular complexity index is 922. The first-order chi connectivity index (χ1) is 12.8. The largest absolute Gasteiger partial charge is 0.446 e. The molecule has 3 rings (SSSR count). The van der Waals surface area contributed by atoms with Crippen molar-refractivity contribution < 1.29 is 18.0 Å². The van der Waals surface area contributed by atoms with Gasteiger partial charge in [0.15, 0.2) is 0 Å². The second-order valence-electron chi connectivity index (χ2n) is 5.84. The molecule has 1 amide bonds. The third kappa shape index (κ3) is 5.37. The molecule has 1 N–H and O–H groups in total. The molecule has 2 aromatic carbocycles. The predicted molar refractivity (Wildman–Crippen MR) is 98.8 cm³/mol. The van der Waals surface area contributed by atoms with Crippen LogP contribution in [-0.4, -0.2) is 21.2 Å². The van der Waals surface area contributed by atoms with E-state index in [2.05, 4.69) is 10.4 Å². The summed E-state index contributed by atoms with van der Waals surface area (Å²) in [5.41, 5.74) is -2.31. The number of hydrogen-bond donors (Lipinski definition) is 1. The maximum atomic E-state index is 12.4. The normalized spacial score (nSPS) is 11.4. The second-order valence-corrected chi connectivity index (χ2v) is 6.98. The van der Waals surface area contributed by atoms with Crippen LogP contribution < -0.4 is 5.32 Å². The van der Waals surface area contributed by atoms with Crippen molar-refractivity contribution in [3.05, 3.63) is 77.5 Å². The highest BCUT2D eigenvalue weighted by atomic mass is 32.2. The van der Waals surface area contributed by atoms with Crippen molar-refractivity contribution in [3.63, 3.8) is 0 Å². The van der Waals surface area contributed by atoms with Crippen LogP contribution in [0, 0.1) is 6.92 Å². The molecule has 0 fully saturated rings. The van der Waals surface area contributed by atoms with Crippen LogP contribution in [0.3, 0.4) is 0 Å². The fourth-order valence-corrected chi connectivity index (χ4v) is 3.06. The number of nitrogens with zero attached hydrogens (tertiary/aromatic N) is 2. The summed E-state index contributed by atoms with van der Waals surface area (Å²) in [4.78, 5) is 12.5. The highest BCUT2D eigenvalue weighted by molar-refractivity contribution is 8.00. The van der Waals surface area contributed by atoms with Gasteiger partial charge < -0.3 is 5.32 Å². The predicted octanol–water partition coefficient (Wildman–Crippen LogP) is 5.10. The summed E-state index contributed by atoms with van der Waals surface area (Å²) in [6, 6.07) is 16.7. The molecule has 0 radical (unpaired) electrons. The van der Waals surface area contributed by atoms with E-state index in [0.717, 1.165) is 11.3 Å². The molecule has 0 spiro atoms. The molecule has 0 aliphatic carbocycles. The monoisotopic (exact) mass is 391 g/mol. The summed E-state index contributed by atoms with van der Waals surface area (Å²) < 4.78 is 38.8. The lowest BCUT2D eigenvalue weighted by Crippen LogP contribution is -2.16. The van der Waals surface area contributed by atoms with Gasteiger partial charge in [-0.1, -0.05) is 30.3 Å². The third-order valence-electron chi connectivity index (χ3n) is 3.67. The lowest BCUT2D eigenvalue weighted by Gasteiger charge is -2.10. The molecule has 140 valence electrons. The van der Waals surface area contributed by atoms with E-state index in [1.807, 2.05) is 37.3 Å². The molecule has 0 atom stereocenters. The van der Waals surface area contributed by atoms with Gasteiger partial charge in [0.1, 0.15) is 5.82 Å². The zero-order valence-corrected chi connectivity index (χ0v) is 15.1. The van der Waals surface area contributed by atoms with Crippen LogP contribution in [0.25, 0.3) is 0 Å². The average molecular weight is 391 g/mol. The van der Waals surface area contributed by atoms with Crippen LogP contribution in [0.1, 0.15) is 21.6 Å². The van der Waals surface area contributed by atoms with E-state index in [0.29, 0.717) is 12.4 Å². The minimum atomic E-state index is -4.36. The first-order valence-electron chi connectivity index (χ1n) is 8.06. The maximum Gasteiger partial charge on any atom is 0.446 e. The van der Waals surface area contributed by atoms with E-state index in [1.165, 1.54) is 24.3 Å². The van der Waals surface area contributed by atoms with Crippen molar-refractivity contribution in [1.82, 2.24) is 9.78 Å². The van der Waals surface area contributed by atoms with Gasteiger partial charge in [-0.15, -0.1) is 0 Å². The van der Waals surface area contributed by atoms with E-state index in [4.69, 9.17) is 0 Å². The number of rotatable bonds is 5. The number of hydrogen-bond acceptors (Lipinski definition) is 3. The minimum absolute atomic E-state index is 0.0315. The second kappa shape index (κ2) is 7.87. The number of amides is 1. The molecule has 0 saturated heterocycles. The van der Waals surface area contributed by atoms with Crippen LogP contribution in [-0.2, 0) is 6.54 Å². The number of aryl methyl sites for hydroxylation is 1. The third-order valence-corrected chi connectivity index (χ3v) is 4.41. The Morgan fingerprint density at radius 2 is 1.78 bits per heavy atom. The number of carbonyl (C=O) groups excluding carboxylic acids is 1. The Morgan fingerprint density at radius 3 is 2.41 bits per heavy atom. The molecule has 0 aliphatic rings. The molecular formula is C19H16F3N3OS. The van der Waals surface area contributed by atoms with Gasteiger partial charge in [-0.05, 0) is 48.5 Å². The van der Waals surface area contributed by atoms with Crippen molar-refractivity contribution in [3.8, 4) is 0 Å². The molecule has 0 aliphatic heterocycles. The summed E-state index contributed by atoms with van der Waals surface area (Å²) in [6.45, 7) is 2.31. The number of nitrogens with one attached hydrogen (secondary N) is 1. The fraction of sp³-hybridized carbons (Fsp3) is 0.158. The molecule has 8 heteroatoms. The Morgan fingerprint density at radius 1 is 1.11 bits per heavy atom. The highest BCUT2D eigenvalue weighted by Crippen LogP contribution is 2.36. The Balaban J connectivity index is 1.72. The van der Waals surface area contributed by atoms with E-state index in [-0.39, 0.29) is 22.2 Å². The molecule has 1 aromatic heterocycles. The number of carbonyl (C=O) groups is 1. The Hall–Kier alpha value is -2.74. The van der Waals surface area contributed by atoms with Crippen LogP contribution in [0.2, 0.25) is 0 Å². The molecule has 0 saturated carbocycles.